The summed E-state index contributed by atoms with van der Waals surface area (Å²) in [4.78, 5) is 15.0. The summed E-state index contributed by atoms with van der Waals surface area (Å²) in [6, 6.07) is 28.2. The van der Waals surface area contributed by atoms with Gasteiger partial charge >= 0.3 is 0 Å². The number of hydrogen-bond donors (Lipinski definition) is 2. The van der Waals surface area contributed by atoms with E-state index in [-0.39, 0.29) is 0 Å². The van der Waals surface area contributed by atoms with Crippen LogP contribution in [0.2, 0.25) is 10.0 Å². The molecule has 3 aliphatic heterocycles. The Bertz CT molecular complexity index is 1500. The molecule has 0 amide bonds. The molecule has 0 unspecified atom stereocenters. The average molecular weight is 539 g/mol. The highest BCUT2D eigenvalue weighted by Gasteiger charge is 2.28. The highest BCUT2D eigenvalue weighted by Crippen LogP contribution is 2.38. The topological polar surface area (TPSA) is 55.3 Å². The third kappa shape index (κ3) is 4.16. The number of nitrogens with one attached hydrogen (secondary N) is 2. The smallest absolute Gasteiger partial charge is 0.138 e. The molecule has 4 aromatic carbocycles. The number of aliphatic imine (C=N–C) groups is 2. The Morgan fingerprint density at radius 1 is 0.526 bits per heavy atom. The lowest BCUT2D eigenvalue weighted by atomic mass is 10.1. The van der Waals surface area contributed by atoms with Crippen molar-refractivity contribution in [3.05, 3.63) is 106 Å². The van der Waals surface area contributed by atoms with E-state index in [1.807, 2.05) is 48.5 Å². The SMILES string of the molecule is Clc1ccc2c(c1)N=C(N1CCN(C3=Nc4cc(Cl)ccc4Nc4ccccc43)CC1)c1ccccc1N2. The van der Waals surface area contributed by atoms with Crippen LogP contribution in [0.1, 0.15) is 11.1 Å². The third-order valence-electron chi connectivity index (χ3n) is 7.13. The van der Waals surface area contributed by atoms with Crippen molar-refractivity contribution in [1.82, 2.24) is 9.80 Å². The van der Waals surface area contributed by atoms with Gasteiger partial charge in [-0.1, -0.05) is 47.5 Å². The first-order valence-electron chi connectivity index (χ1n) is 12.6. The molecule has 1 saturated heterocycles. The van der Waals surface area contributed by atoms with Crippen LogP contribution in [0, 0.1) is 0 Å². The third-order valence-corrected chi connectivity index (χ3v) is 7.60. The monoisotopic (exact) mass is 538 g/mol. The molecule has 4 aromatic rings. The van der Waals surface area contributed by atoms with Gasteiger partial charge in [0.25, 0.3) is 0 Å². The normalized spacial score (nSPS) is 15.8. The number of fused-ring (bicyclic) bond motifs is 4. The lowest BCUT2D eigenvalue weighted by molar-refractivity contribution is 0.260. The molecule has 8 heteroatoms. The molecule has 0 spiro atoms. The summed E-state index contributed by atoms with van der Waals surface area (Å²) in [5.41, 5.74) is 7.82. The molecule has 3 aliphatic rings. The van der Waals surface area contributed by atoms with Gasteiger partial charge < -0.3 is 20.4 Å². The van der Waals surface area contributed by atoms with Crippen LogP contribution in [-0.4, -0.2) is 47.7 Å². The van der Waals surface area contributed by atoms with Gasteiger partial charge in [0.2, 0.25) is 0 Å². The molecule has 0 bridgehead atoms. The minimum absolute atomic E-state index is 0.670. The van der Waals surface area contributed by atoms with Crippen LogP contribution in [0.3, 0.4) is 0 Å². The molecule has 7 rings (SSSR count). The van der Waals surface area contributed by atoms with Gasteiger partial charge in [0.15, 0.2) is 0 Å². The number of hydrogen-bond acceptors (Lipinski definition) is 6. The fourth-order valence-electron chi connectivity index (χ4n) is 5.23. The van der Waals surface area contributed by atoms with E-state index in [2.05, 4.69) is 56.8 Å². The van der Waals surface area contributed by atoms with Gasteiger partial charge in [-0.3, -0.25) is 0 Å². The Hall–Kier alpha value is -4.00. The van der Waals surface area contributed by atoms with Crippen molar-refractivity contribution in [1.29, 1.82) is 0 Å². The Balaban J connectivity index is 1.23. The molecule has 0 radical (unpaired) electrons. The Labute approximate surface area is 231 Å². The standard InChI is InChI=1S/C30H24Cl2N6/c31-19-9-11-25-27(17-19)35-29(21-5-1-3-7-23(21)33-25)37-13-15-38(16-14-37)30-22-6-2-4-8-24(22)34-26-12-10-20(32)18-28(26)36-30/h1-12,17-18,33-34H,13-16H2. The van der Waals surface area contributed by atoms with Gasteiger partial charge in [0.1, 0.15) is 11.7 Å². The van der Waals surface area contributed by atoms with Gasteiger partial charge in [-0.15, -0.1) is 0 Å². The zero-order valence-electron chi connectivity index (χ0n) is 20.5. The summed E-state index contributed by atoms with van der Waals surface area (Å²) in [6.45, 7) is 3.22. The number of para-hydroxylation sites is 2. The van der Waals surface area contributed by atoms with Crippen molar-refractivity contribution < 1.29 is 0 Å². The summed E-state index contributed by atoms with van der Waals surface area (Å²) in [5, 5.41) is 8.43. The average Bonchev–Trinajstić information content (AvgIpc) is 3.21. The second-order valence-electron chi connectivity index (χ2n) is 9.51. The van der Waals surface area contributed by atoms with Gasteiger partial charge in [-0.2, -0.15) is 0 Å². The maximum absolute atomic E-state index is 6.34. The Morgan fingerprint density at radius 2 is 0.947 bits per heavy atom. The largest absolute Gasteiger partial charge is 0.353 e. The van der Waals surface area contributed by atoms with Crippen LogP contribution in [0.4, 0.5) is 34.1 Å². The van der Waals surface area contributed by atoms with Crippen molar-refractivity contribution in [2.75, 3.05) is 36.8 Å². The van der Waals surface area contributed by atoms with Gasteiger partial charge in [-0.05, 0) is 60.7 Å². The van der Waals surface area contributed by atoms with E-state index in [4.69, 9.17) is 33.2 Å². The lowest BCUT2D eigenvalue weighted by Gasteiger charge is -2.38. The predicted octanol–water partition coefficient (Wildman–Crippen LogP) is 7.58. The molecule has 0 saturated carbocycles. The van der Waals surface area contributed by atoms with Crippen LogP contribution in [-0.2, 0) is 0 Å². The van der Waals surface area contributed by atoms with Gasteiger partial charge in [0, 0.05) is 58.7 Å². The first-order chi connectivity index (χ1) is 18.6. The Morgan fingerprint density at radius 3 is 1.39 bits per heavy atom. The number of nitrogens with zero attached hydrogens (tertiary/aromatic N) is 4. The lowest BCUT2D eigenvalue weighted by Crippen LogP contribution is -2.51. The number of amidine groups is 2. The van der Waals surface area contributed by atoms with Crippen LogP contribution in [0.5, 0.6) is 0 Å². The molecule has 3 heterocycles. The molecule has 6 nitrogen and oxygen atoms in total. The molecular formula is C30H24Cl2N6. The van der Waals surface area contributed by atoms with E-state index in [9.17, 15) is 0 Å². The summed E-state index contributed by atoms with van der Waals surface area (Å²) >= 11 is 12.7. The number of halogens is 2. The molecule has 188 valence electrons. The predicted molar refractivity (Wildman–Crippen MR) is 158 cm³/mol. The van der Waals surface area contributed by atoms with E-state index < -0.39 is 0 Å². The number of piperazine rings is 1. The molecule has 0 atom stereocenters. The summed E-state index contributed by atoms with van der Waals surface area (Å²) in [5.74, 6) is 1.91. The maximum Gasteiger partial charge on any atom is 0.138 e. The summed E-state index contributed by atoms with van der Waals surface area (Å²) in [6.07, 6.45) is 0. The Kier molecular flexibility index (Phi) is 5.72. The van der Waals surface area contributed by atoms with E-state index in [0.29, 0.717) is 10.0 Å². The van der Waals surface area contributed by atoms with Gasteiger partial charge in [-0.25, -0.2) is 9.98 Å². The van der Waals surface area contributed by atoms with E-state index in [1.165, 1.54) is 0 Å². The number of benzene rings is 4. The van der Waals surface area contributed by atoms with Crippen molar-refractivity contribution in [2.24, 2.45) is 9.98 Å². The van der Waals surface area contributed by atoms with Crippen LogP contribution in [0.15, 0.2) is 94.9 Å². The van der Waals surface area contributed by atoms with Crippen LogP contribution < -0.4 is 10.6 Å². The molecule has 1 fully saturated rings. The second kappa shape index (κ2) is 9.39. The van der Waals surface area contributed by atoms with Crippen LogP contribution in [0.25, 0.3) is 0 Å². The maximum atomic E-state index is 6.34. The van der Waals surface area contributed by atoms with Crippen molar-refractivity contribution in [2.45, 2.75) is 0 Å². The minimum Gasteiger partial charge on any atom is -0.353 e. The highest BCUT2D eigenvalue weighted by molar-refractivity contribution is 6.31. The molecule has 2 N–H and O–H groups in total. The number of anilines is 4. The van der Waals surface area contributed by atoms with Crippen molar-refractivity contribution in [3.63, 3.8) is 0 Å². The van der Waals surface area contributed by atoms with E-state index in [0.717, 1.165) is 83.1 Å². The van der Waals surface area contributed by atoms with Crippen molar-refractivity contribution in [3.8, 4) is 0 Å². The number of rotatable bonds is 0. The van der Waals surface area contributed by atoms with Crippen molar-refractivity contribution >= 4 is 69.0 Å². The fourth-order valence-corrected chi connectivity index (χ4v) is 5.56. The first kappa shape index (κ1) is 23.1. The zero-order chi connectivity index (χ0) is 25.6. The quantitative estimate of drug-likeness (QED) is 0.242. The van der Waals surface area contributed by atoms with E-state index >= 15 is 0 Å². The molecule has 0 aliphatic carbocycles. The molecule has 38 heavy (non-hydrogen) atoms. The first-order valence-corrected chi connectivity index (χ1v) is 13.4. The second-order valence-corrected chi connectivity index (χ2v) is 10.4. The van der Waals surface area contributed by atoms with Gasteiger partial charge in [0.05, 0.1) is 22.7 Å². The molecular weight excluding hydrogens is 515 g/mol. The molecule has 0 aromatic heterocycles. The minimum atomic E-state index is 0.670. The zero-order valence-corrected chi connectivity index (χ0v) is 22.0. The summed E-state index contributed by atoms with van der Waals surface area (Å²) < 4.78 is 0. The summed E-state index contributed by atoms with van der Waals surface area (Å²) in [7, 11) is 0. The fraction of sp³-hybridized carbons (Fsp3) is 0.133. The van der Waals surface area contributed by atoms with Crippen LogP contribution >= 0.6 is 23.2 Å². The van der Waals surface area contributed by atoms with E-state index in [1.54, 1.807) is 0 Å². The highest BCUT2D eigenvalue weighted by atomic mass is 35.5.